The predicted molar refractivity (Wildman–Crippen MR) is 52.0 cm³/mol. The number of methoxy groups -OCH3 is 1. The first kappa shape index (κ1) is 10.2. The molecule has 0 bridgehead atoms. The first-order valence-electron chi connectivity index (χ1n) is 5.19. The number of carbonyl (C=O) groups excluding carboxylic acids is 2. The van der Waals surface area contributed by atoms with Crippen LogP contribution < -0.4 is 0 Å². The average molecular weight is 210 g/mol. The van der Waals surface area contributed by atoms with Crippen LogP contribution in [0.4, 0.5) is 0 Å². The number of esters is 1. The lowest BCUT2D eigenvalue weighted by Crippen LogP contribution is -2.14. The van der Waals surface area contributed by atoms with Gasteiger partial charge in [0.2, 0.25) is 0 Å². The molecule has 4 nitrogen and oxygen atoms in total. The van der Waals surface area contributed by atoms with Crippen LogP contribution in [0.5, 0.6) is 0 Å². The molecule has 15 heavy (non-hydrogen) atoms. The number of ketones is 1. The van der Waals surface area contributed by atoms with Gasteiger partial charge in [0.05, 0.1) is 13.5 Å². The van der Waals surface area contributed by atoms with Gasteiger partial charge in [-0.2, -0.15) is 0 Å². The molecular weight excluding hydrogens is 196 g/mol. The second kappa shape index (κ2) is 4.04. The number of rotatable bonds is 2. The molecule has 1 heterocycles. The van der Waals surface area contributed by atoms with Crippen molar-refractivity contribution in [3.8, 4) is 0 Å². The van der Waals surface area contributed by atoms with Crippen molar-refractivity contribution in [2.24, 2.45) is 0 Å². The maximum absolute atomic E-state index is 11.5. The molecule has 2 rings (SSSR count). The van der Waals surface area contributed by atoms with Crippen molar-refractivity contribution < 1.29 is 19.1 Å². The summed E-state index contributed by atoms with van der Waals surface area (Å²) in [7, 11) is 1.36. The van der Waals surface area contributed by atoms with Gasteiger partial charge in [-0.05, 0) is 6.42 Å². The molecule has 1 aliphatic heterocycles. The van der Waals surface area contributed by atoms with Crippen LogP contribution in [0, 0.1) is 0 Å². The quantitative estimate of drug-likeness (QED) is 0.645. The van der Waals surface area contributed by atoms with E-state index in [1.165, 1.54) is 7.11 Å². The fourth-order valence-corrected chi connectivity index (χ4v) is 2.08. The number of ether oxygens (including phenoxy) is 2. The fourth-order valence-electron chi connectivity index (χ4n) is 2.08. The highest BCUT2D eigenvalue weighted by Crippen LogP contribution is 2.35. The van der Waals surface area contributed by atoms with Gasteiger partial charge in [-0.1, -0.05) is 0 Å². The maximum Gasteiger partial charge on any atom is 0.309 e. The Kier molecular flexibility index (Phi) is 2.75. The second-order valence-electron chi connectivity index (χ2n) is 3.90. The summed E-state index contributed by atoms with van der Waals surface area (Å²) in [5.41, 5.74) is 0.801. The van der Waals surface area contributed by atoms with Gasteiger partial charge in [0, 0.05) is 24.8 Å². The number of allylic oxidation sites excluding steroid dienone is 1. The van der Waals surface area contributed by atoms with Crippen molar-refractivity contribution >= 4 is 11.8 Å². The third-order valence-electron chi connectivity index (χ3n) is 2.84. The Morgan fingerprint density at radius 2 is 2.33 bits per heavy atom. The second-order valence-corrected chi connectivity index (χ2v) is 3.90. The summed E-state index contributed by atoms with van der Waals surface area (Å²) < 4.78 is 10.1. The summed E-state index contributed by atoms with van der Waals surface area (Å²) in [5, 5.41) is 0. The molecule has 2 aliphatic rings. The van der Waals surface area contributed by atoms with E-state index in [-0.39, 0.29) is 24.3 Å². The summed E-state index contributed by atoms with van der Waals surface area (Å²) in [4.78, 5) is 22.6. The largest absolute Gasteiger partial charge is 0.493 e. The Labute approximate surface area is 88.2 Å². The normalized spacial score (nSPS) is 24.9. The molecule has 1 atom stereocenters. The Hall–Kier alpha value is -1.32. The molecule has 1 aliphatic carbocycles. The zero-order valence-corrected chi connectivity index (χ0v) is 8.75. The highest BCUT2D eigenvalue weighted by molar-refractivity contribution is 5.97. The minimum atomic E-state index is -0.285. The molecule has 0 unspecified atom stereocenters. The molecule has 0 fully saturated rings. The van der Waals surface area contributed by atoms with Crippen molar-refractivity contribution in [2.45, 2.75) is 38.2 Å². The van der Waals surface area contributed by atoms with Crippen molar-refractivity contribution in [1.29, 1.82) is 0 Å². The monoisotopic (exact) mass is 210 g/mol. The van der Waals surface area contributed by atoms with Gasteiger partial charge in [-0.3, -0.25) is 9.59 Å². The summed E-state index contributed by atoms with van der Waals surface area (Å²) in [6.07, 6.45) is 2.93. The molecule has 0 aromatic carbocycles. The topological polar surface area (TPSA) is 52.6 Å². The van der Waals surface area contributed by atoms with Crippen LogP contribution >= 0.6 is 0 Å². The van der Waals surface area contributed by atoms with E-state index < -0.39 is 0 Å². The lowest BCUT2D eigenvalue weighted by molar-refractivity contribution is -0.142. The molecule has 0 N–H and O–H groups in total. The Balaban J connectivity index is 1.98. The van der Waals surface area contributed by atoms with Gasteiger partial charge in [0.25, 0.3) is 0 Å². The molecule has 0 radical (unpaired) electrons. The molecule has 82 valence electrons. The third kappa shape index (κ3) is 2.03. The van der Waals surface area contributed by atoms with Gasteiger partial charge in [0.15, 0.2) is 5.78 Å². The first-order chi connectivity index (χ1) is 7.20. The van der Waals surface area contributed by atoms with Crippen molar-refractivity contribution in [3.63, 3.8) is 0 Å². The molecule has 4 heteroatoms. The van der Waals surface area contributed by atoms with E-state index in [0.29, 0.717) is 12.8 Å². The van der Waals surface area contributed by atoms with Crippen molar-refractivity contribution in [2.75, 3.05) is 7.11 Å². The first-order valence-corrected chi connectivity index (χ1v) is 5.19. The number of carbonyl (C=O) groups is 2. The van der Waals surface area contributed by atoms with Crippen LogP contribution in [0.2, 0.25) is 0 Å². The van der Waals surface area contributed by atoms with Crippen LogP contribution in [-0.2, 0) is 19.1 Å². The lowest BCUT2D eigenvalue weighted by Gasteiger charge is -2.12. The van der Waals surface area contributed by atoms with E-state index in [2.05, 4.69) is 4.74 Å². The summed E-state index contributed by atoms with van der Waals surface area (Å²) >= 11 is 0. The molecular formula is C11H14O4. The maximum atomic E-state index is 11.5. The van der Waals surface area contributed by atoms with Gasteiger partial charge in [-0.15, -0.1) is 0 Å². The Bertz CT molecular complexity index is 329. The standard InChI is InChI=1S/C11H14O4/c1-14-11(13)6-7-5-8-9(12)3-2-4-10(8)15-7/h7H,2-6H2,1H3/t7-/m1/s1. The molecule has 0 amide bonds. The number of hydrogen-bond donors (Lipinski definition) is 0. The average Bonchev–Trinajstić information content (AvgIpc) is 2.62. The van der Waals surface area contributed by atoms with Gasteiger partial charge in [-0.25, -0.2) is 0 Å². The Morgan fingerprint density at radius 3 is 3.00 bits per heavy atom. The predicted octanol–water partition coefficient (Wildman–Crippen LogP) is 1.35. The van der Waals surface area contributed by atoms with E-state index in [0.717, 1.165) is 24.2 Å². The van der Waals surface area contributed by atoms with Gasteiger partial charge >= 0.3 is 5.97 Å². The van der Waals surface area contributed by atoms with E-state index >= 15 is 0 Å². The SMILES string of the molecule is COC(=O)C[C@H]1CC2=C(CCCC2=O)O1. The summed E-state index contributed by atoms with van der Waals surface area (Å²) in [6, 6.07) is 0. The smallest absolute Gasteiger partial charge is 0.309 e. The van der Waals surface area contributed by atoms with Crippen LogP contribution in [-0.4, -0.2) is 25.0 Å². The third-order valence-corrected chi connectivity index (χ3v) is 2.84. The molecule has 0 saturated carbocycles. The summed E-state index contributed by atoms with van der Waals surface area (Å²) in [6.45, 7) is 0. The highest BCUT2D eigenvalue weighted by atomic mass is 16.5. The van der Waals surface area contributed by atoms with Gasteiger partial charge < -0.3 is 9.47 Å². The van der Waals surface area contributed by atoms with E-state index in [4.69, 9.17) is 4.74 Å². The van der Waals surface area contributed by atoms with Gasteiger partial charge in [0.1, 0.15) is 11.9 Å². The van der Waals surface area contributed by atoms with Crippen molar-refractivity contribution in [1.82, 2.24) is 0 Å². The molecule has 0 aromatic heterocycles. The van der Waals surface area contributed by atoms with E-state index in [1.54, 1.807) is 0 Å². The van der Waals surface area contributed by atoms with Crippen LogP contribution in [0.3, 0.4) is 0 Å². The van der Waals surface area contributed by atoms with Crippen LogP contribution in [0.15, 0.2) is 11.3 Å². The highest BCUT2D eigenvalue weighted by Gasteiger charge is 2.33. The molecule has 0 aromatic rings. The zero-order chi connectivity index (χ0) is 10.8. The molecule has 0 spiro atoms. The number of Topliss-reactive ketones (excluding diaryl/α,β-unsaturated/α-hetero) is 1. The van der Waals surface area contributed by atoms with Crippen molar-refractivity contribution in [3.05, 3.63) is 11.3 Å². The zero-order valence-electron chi connectivity index (χ0n) is 8.75. The van der Waals surface area contributed by atoms with Crippen LogP contribution in [0.25, 0.3) is 0 Å². The lowest BCUT2D eigenvalue weighted by atomic mass is 9.94. The number of hydrogen-bond acceptors (Lipinski definition) is 4. The van der Waals surface area contributed by atoms with Crippen LogP contribution in [0.1, 0.15) is 32.1 Å². The molecule has 0 saturated heterocycles. The summed E-state index contributed by atoms with van der Waals surface area (Å²) in [5.74, 6) is 0.705. The Morgan fingerprint density at radius 1 is 1.53 bits per heavy atom. The fraction of sp³-hybridized carbons (Fsp3) is 0.636. The van der Waals surface area contributed by atoms with E-state index in [9.17, 15) is 9.59 Å². The minimum Gasteiger partial charge on any atom is -0.493 e. The van der Waals surface area contributed by atoms with E-state index in [1.807, 2.05) is 0 Å². The minimum absolute atomic E-state index is 0.184.